The standard InChI is InChI=1S/C16H19BO4/c1-4-12-14-13(5-2)16(19)21-17(14,20-15(12)18)11-8-6-10(3)7-9-11/h6-9,12-13H,4-5H2,1-3H3/t12-,13-/m0/s1. The fourth-order valence-electron chi connectivity index (χ4n) is 3.65. The minimum Gasteiger partial charge on any atom is -0.609 e. The van der Waals surface area contributed by atoms with Gasteiger partial charge in [0.25, 0.3) is 0 Å². The highest BCUT2D eigenvalue weighted by Crippen LogP contribution is 2.49. The van der Waals surface area contributed by atoms with Crippen LogP contribution in [0.1, 0.15) is 32.3 Å². The quantitative estimate of drug-likeness (QED) is 0.629. The van der Waals surface area contributed by atoms with Gasteiger partial charge in [-0.2, -0.15) is 0 Å². The number of benzene rings is 1. The fourth-order valence-corrected chi connectivity index (χ4v) is 3.65. The van der Waals surface area contributed by atoms with Crippen molar-refractivity contribution < 1.29 is 18.9 Å². The SMILES string of the molecule is CC[C@@H]1C(=O)O[B-]2(c3ccc(C)cc3)OC(=O)[C@@H](CC)[C+]12. The van der Waals surface area contributed by atoms with Crippen molar-refractivity contribution in [3.63, 3.8) is 0 Å². The van der Waals surface area contributed by atoms with Crippen LogP contribution in [0.25, 0.3) is 0 Å². The van der Waals surface area contributed by atoms with E-state index < -0.39 is 6.55 Å². The van der Waals surface area contributed by atoms with Crippen molar-refractivity contribution in [3.05, 3.63) is 35.6 Å². The van der Waals surface area contributed by atoms with Gasteiger partial charge in [0.15, 0.2) is 11.8 Å². The van der Waals surface area contributed by atoms with Crippen LogP contribution < -0.4 is 5.46 Å². The minimum absolute atomic E-state index is 0.265. The maximum atomic E-state index is 12.2. The first-order valence-electron chi connectivity index (χ1n) is 7.57. The lowest BCUT2D eigenvalue weighted by Gasteiger charge is -2.25. The summed E-state index contributed by atoms with van der Waals surface area (Å²) in [6.45, 7) is 3.77. The molecule has 2 atom stereocenters. The van der Waals surface area contributed by atoms with E-state index in [9.17, 15) is 9.59 Å². The van der Waals surface area contributed by atoms with Crippen LogP contribution in [0.15, 0.2) is 24.3 Å². The zero-order valence-corrected chi connectivity index (χ0v) is 12.6. The Balaban J connectivity index is 2.11. The van der Waals surface area contributed by atoms with Crippen LogP contribution in [0.4, 0.5) is 0 Å². The summed E-state index contributed by atoms with van der Waals surface area (Å²) in [5.74, 6) is -0.345. The molecule has 21 heavy (non-hydrogen) atoms. The lowest BCUT2D eigenvalue weighted by Crippen LogP contribution is -2.53. The molecule has 0 saturated carbocycles. The fraction of sp³-hybridized carbons (Fsp3) is 0.438. The third-order valence-electron chi connectivity index (χ3n) is 4.71. The van der Waals surface area contributed by atoms with Crippen LogP contribution in [0.3, 0.4) is 0 Å². The Kier molecular flexibility index (Phi) is 3.23. The van der Waals surface area contributed by atoms with Gasteiger partial charge in [-0.1, -0.05) is 49.1 Å². The van der Waals surface area contributed by atoms with Crippen molar-refractivity contribution in [1.82, 2.24) is 0 Å². The third kappa shape index (κ3) is 1.87. The van der Waals surface area contributed by atoms with E-state index in [1.807, 2.05) is 45.0 Å². The Labute approximate surface area is 124 Å². The number of carbonyl (C=O) groups excluding carboxylic acids is 2. The van der Waals surface area contributed by atoms with Crippen LogP contribution in [-0.2, 0) is 18.9 Å². The average Bonchev–Trinajstić information content (AvgIpc) is 2.88. The van der Waals surface area contributed by atoms with Crippen molar-refractivity contribution in [2.45, 2.75) is 33.6 Å². The average molecular weight is 286 g/mol. The minimum atomic E-state index is -2.10. The van der Waals surface area contributed by atoms with E-state index in [1.54, 1.807) is 0 Å². The summed E-state index contributed by atoms with van der Waals surface area (Å²) in [6, 6.07) is 7.69. The Hall–Kier alpha value is -1.91. The molecular formula is C16H19BO4. The molecule has 5 heteroatoms. The summed E-state index contributed by atoms with van der Waals surface area (Å²) >= 11 is 0. The van der Waals surface area contributed by atoms with E-state index >= 15 is 0 Å². The van der Waals surface area contributed by atoms with Crippen molar-refractivity contribution in [3.8, 4) is 0 Å². The van der Waals surface area contributed by atoms with Crippen molar-refractivity contribution in [2.75, 3.05) is 0 Å². The summed E-state index contributed by atoms with van der Waals surface area (Å²) in [7, 11) is 0. The third-order valence-corrected chi connectivity index (χ3v) is 4.71. The molecule has 0 spiro atoms. The highest BCUT2D eigenvalue weighted by Gasteiger charge is 2.73. The van der Waals surface area contributed by atoms with Gasteiger partial charge in [0.1, 0.15) is 0 Å². The van der Waals surface area contributed by atoms with Crippen LogP contribution in [-0.4, -0.2) is 18.5 Å². The highest BCUT2D eigenvalue weighted by atomic mass is 16.7. The van der Waals surface area contributed by atoms with Crippen LogP contribution in [0, 0.1) is 24.6 Å². The first-order valence-corrected chi connectivity index (χ1v) is 7.57. The number of carbonyl (C=O) groups is 2. The smallest absolute Gasteiger partial charge is 0.589 e. The summed E-state index contributed by atoms with van der Waals surface area (Å²) in [4.78, 5) is 24.4. The molecule has 0 unspecified atom stereocenters. The molecule has 0 aliphatic carbocycles. The molecule has 0 N–H and O–H groups in total. The van der Waals surface area contributed by atoms with Gasteiger partial charge in [-0.05, 0) is 19.8 Å². The predicted octanol–water partition coefficient (Wildman–Crippen LogP) is 1.92. The Morgan fingerprint density at radius 1 is 1.00 bits per heavy atom. The molecule has 0 radical (unpaired) electrons. The van der Waals surface area contributed by atoms with Crippen molar-refractivity contribution in [2.24, 2.45) is 11.8 Å². The summed E-state index contributed by atoms with van der Waals surface area (Å²) in [5.41, 5.74) is 1.89. The predicted molar refractivity (Wildman–Crippen MR) is 79.6 cm³/mol. The van der Waals surface area contributed by atoms with Crippen LogP contribution in [0.5, 0.6) is 0 Å². The zero-order valence-electron chi connectivity index (χ0n) is 12.6. The Morgan fingerprint density at radius 3 is 1.90 bits per heavy atom. The number of rotatable bonds is 3. The molecule has 4 nitrogen and oxygen atoms in total. The van der Waals surface area contributed by atoms with Gasteiger partial charge in [0, 0.05) is 5.82 Å². The van der Waals surface area contributed by atoms with Gasteiger partial charge in [-0.3, -0.25) is 9.59 Å². The zero-order chi connectivity index (χ0) is 15.2. The molecule has 2 aliphatic heterocycles. The van der Waals surface area contributed by atoms with Gasteiger partial charge in [-0.25, -0.2) is 0 Å². The molecule has 0 aromatic heterocycles. The van der Waals surface area contributed by atoms with E-state index in [0.29, 0.717) is 12.8 Å². The topological polar surface area (TPSA) is 52.6 Å². The van der Waals surface area contributed by atoms with E-state index in [0.717, 1.165) is 16.8 Å². The maximum absolute atomic E-state index is 12.2. The second-order valence-electron chi connectivity index (χ2n) is 5.92. The molecule has 1 aromatic rings. The number of hydrogen-bond donors (Lipinski definition) is 0. The van der Waals surface area contributed by atoms with Gasteiger partial charge in [0.2, 0.25) is 0 Å². The molecule has 1 aromatic carbocycles. The van der Waals surface area contributed by atoms with Crippen LogP contribution >= 0.6 is 0 Å². The van der Waals surface area contributed by atoms with E-state index in [4.69, 9.17) is 9.31 Å². The van der Waals surface area contributed by atoms with E-state index in [1.165, 1.54) is 0 Å². The van der Waals surface area contributed by atoms with Gasteiger partial charge >= 0.3 is 18.5 Å². The monoisotopic (exact) mass is 286 g/mol. The van der Waals surface area contributed by atoms with Gasteiger partial charge in [-0.15, -0.1) is 0 Å². The molecule has 3 rings (SSSR count). The van der Waals surface area contributed by atoms with Gasteiger partial charge < -0.3 is 9.31 Å². The van der Waals surface area contributed by atoms with Crippen LogP contribution in [0.2, 0.25) is 0 Å². The normalized spacial score (nSPS) is 26.5. The van der Waals surface area contributed by atoms with E-state index in [2.05, 4.69) is 0 Å². The molecule has 2 fully saturated rings. The maximum Gasteiger partial charge on any atom is 0.589 e. The molecule has 0 amide bonds. The first kappa shape index (κ1) is 14.0. The summed E-state index contributed by atoms with van der Waals surface area (Å²) < 4.78 is 11.3. The number of aryl methyl sites for hydroxylation is 1. The lowest BCUT2D eigenvalue weighted by molar-refractivity contribution is -0.142. The molecule has 0 bridgehead atoms. The molecular weight excluding hydrogens is 267 g/mol. The summed E-state index contributed by atoms with van der Waals surface area (Å²) in [6.07, 6.45) is 1.27. The largest absolute Gasteiger partial charge is 0.609 e. The number of fused-ring (bicyclic) bond motifs is 1. The molecule has 2 aliphatic rings. The Bertz CT molecular complexity index is 554. The second-order valence-corrected chi connectivity index (χ2v) is 5.92. The lowest BCUT2D eigenvalue weighted by atomic mass is 9.40. The first-order chi connectivity index (χ1) is 10.0. The molecule has 110 valence electrons. The Morgan fingerprint density at radius 2 is 1.48 bits per heavy atom. The van der Waals surface area contributed by atoms with Crippen molar-refractivity contribution >= 4 is 24.0 Å². The molecule has 2 saturated heterocycles. The number of hydrogen-bond acceptors (Lipinski definition) is 4. The highest BCUT2D eigenvalue weighted by molar-refractivity contribution is 6.91. The van der Waals surface area contributed by atoms with Gasteiger partial charge in [0.05, 0.1) is 0 Å². The van der Waals surface area contributed by atoms with E-state index in [-0.39, 0.29) is 23.8 Å². The second kappa shape index (κ2) is 4.83. The molecule has 2 heterocycles. The van der Waals surface area contributed by atoms with Crippen molar-refractivity contribution in [1.29, 1.82) is 0 Å². The summed E-state index contributed by atoms with van der Waals surface area (Å²) in [5, 5.41) is 0.